The van der Waals surface area contributed by atoms with Crippen molar-refractivity contribution in [3.05, 3.63) is 88.2 Å². The second-order valence-corrected chi connectivity index (χ2v) is 11.4. The summed E-state index contributed by atoms with van der Waals surface area (Å²) in [7, 11) is 0. The highest BCUT2D eigenvalue weighted by molar-refractivity contribution is 5.84. The van der Waals surface area contributed by atoms with E-state index in [1.165, 1.54) is 6.07 Å². The molecule has 4 heterocycles. The molecule has 0 aliphatic carbocycles. The molecule has 2 aromatic carbocycles. The largest absolute Gasteiger partial charge is 0.457 e. The first-order valence-electron chi connectivity index (χ1n) is 14.8. The molecule has 0 radical (unpaired) electrons. The summed E-state index contributed by atoms with van der Waals surface area (Å²) in [6.07, 6.45) is -2.21. The van der Waals surface area contributed by atoms with E-state index in [1.807, 2.05) is 23.1 Å². The van der Waals surface area contributed by atoms with Gasteiger partial charge in [0.2, 0.25) is 5.91 Å². The molecule has 1 amide bonds. The first-order chi connectivity index (χ1) is 21.2. The second-order valence-electron chi connectivity index (χ2n) is 11.4. The Balaban J connectivity index is 1.20. The lowest BCUT2D eigenvalue weighted by Crippen LogP contribution is -2.43. The molecule has 2 N–H and O–H groups in total. The number of H-pyrrole nitrogens is 1. The third-order valence-electron chi connectivity index (χ3n) is 8.48. The SMILES string of the molecule is CC[C@H]1CN(C(=O)Cc2ccc(CN3CCNCC3)c(C(F)(F)F)c2)Cc2cc(Oc3ccnc4[nH]c(C#N)cc34)ccc21. The molecule has 1 fully saturated rings. The third kappa shape index (κ3) is 6.27. The van der Waals surface area contributed by atoms with Crippen molar-refractivity contribution in [1.82, 2.24) is 25.1 Å². The summed E-state index contributed by atoms with van der Waals surface area (Å²) >= 11 is 0. The fraction of sp³-hybridized carbons (Fsp3) is 0.364. The van der Waals surface area contributed by atoms with Crippen molar-refractivity contribution in [2.75, 3.05) is 32.7 Å². The van der Waals surface area contributed by atoms with E-state index in [0.29, 0.717) is 60.0 Å². The van der Waals surface area contributed by atoms with E-state index >= 15 is 0 Å². The topological polar surface area (TPSA) is 97.3 Å². The second kappa shape index (κ2) is 12.3. The molecule has 44 heavy (non-hydrogen) atoms. The molecule has 1 saturated heterocycles. The first-order valence-corrected chi connectivity index (χ1v) is 14.8. The molecular weight excluding hydrogens is 569 g/mol. The number of piperazine rings is 1. The Bertz CT molecular complexity index is 1720. The van der Waals surface area contributed by atoms with E-state index in [9.17, 15) is 23.2 Å². The van der Waals surface area contributed by atoms with Crippen LogP contribution in [0.1, 0.15) is 52.8 Å². The number of aromatic amines is 1. The van der Waals surface area contributed by atoms with Crippen LogP contribution in [0.4, 0.5) is 13.2 Å². The van der Waals surface area contributed by atoms with Crippen LogP contribution in [0.2, 0.25) is 0 Å². The van der Waals surface area contributed by atoms with Gasteiger partial charge in [0.1, 0.15) is 28.9 Å². The minimum absolute atomic E-state index is 0.0967. The van der Waals surface area contributed by atoms with Crippen LogP contribution >= 0.6 is 0 Å². The number of nitriles is 1. The number of alkyl halides is 3. The van der Waals surface area contributed by atoms with Crippen LogP contribution in [0.3, 0.4) is 0 Å². The molecule has 228 valence electrons. The zero-order valence-electron chi connectivity index (χ0n) is 24.4. The minimum Gasteiger partial charge on any atom is -0.457 e. The van der Waals surface area contributed by atoms with Gasteiger partial charge in [-0.3, -0.25) is 9.69 Å². The minimum atomic E-state index is -4.51. The van der Waals surface area contributed by atoms with Gasteiger partial charge in [-0.05, 0) is 59.0 Å². The van der Waals surface area contributed by atoms with Gasteiger partial charge in [-0.2, -0.15) is 18.4 Å². The van der Waals surface area contributed by atoms with Crippen LogP contribution < -0.4 is 10.1 Å². The number of hydrogen-bond donors (Lipinski definition) is 2. The molecule has 0 bridgehead atoms. The lowest BCUT2D eigenvalue weighted by molar-refractivity contribution is -0.138. The van der Waals surface area contributed by atoms with Crippen LogP contribution in [0.25, 0.3) is 11.0 Å². The number of pyridine rings is 1. The van der Waals surface area contributed by atoms with Crippen molar-refractivity contribution in [3.63, 3.8) is 0 Å². The Morgan fingerprint density at radius 1 is 1.14 bits per heavy atom. The summed E-state index contributed by atoms with van der Waals surface area (Å²) in [5.74, 6) is 1.01. The van der Waals surface area contributed by atoms with E-state index in [1.54, 1.807) is 29.3 Å². The van der Waals surface area contributed by atoms with Crippen molar-refractivity contribution < 1.29 is 22.7 Å². The number of carbonyl (C=O) groups excluding carboxylic acids is 1. The Kier molecular flexibility index (Phi) is 8.29. The van der Waals surface area contributed by atoms with E-state index in [0.717, 1.165) is 36.7 Å². The maximum Gasteiger partial charge on any atom is 0.416 e. The van der Waals surface area contributed by atoms with E-state index in [2.05, 4.69) is 28.3 Å². The predicted octanol–water partition coefficient (Wildman–Crippen LogP) is 5.73. The van der Waals surface area contributed by atoms with Gasteiger partial charge in [-0.15, -0.1) is 0 Å². The highest BCUT2D eigenvalue weighted by Gasteiger charge is 2.35. The summed E-state index contributed by atoms with van der Waals surface area (Å²) in [6, 6.07) is 15.6. The Labute approximate surface area is 253 Å². The quantitative estimate of drug-likeness (QED) is 0.281. The molecule has 6 rings (SSSR count). The number of halogens is 3. The first kappa shape index (κ1) is 29.7. The van der Waals surface area contributed by atoms with Crippen molar-refractivity contribution in [2.24, 2.45) is 0 Å². The fourth-order valence-corrected chi connectivity index (χ4v) is 6.17. The lowest BCUT2D eigenvalue weighted by atomic mass is 9.87. The average Bonchev–Trinajstić information content (AvgIpc) is 3.46. The zero-order valence-corrected chi connectivity index (χ0v) is 24.4. The molecule has 2 aliphatic rings. The van der Waals surface area contributed by atoms with Crippen molar-refractivity contribution >= 4 is 16.9 Å². The standard InChI is InChI=1S/C33H33F3N6O2/c1-2-22-19-42(31(43)14-21-3-4-23(29(13-21)33(34,35)36)18-41-11-9-38-10-12-41)20-24-15-26(5-6-27(22)24)44-30-7-8-39-32-28(30)16-25(17-37)40-32/h3-8,13,15-16,22,38H,2,9-12,14,18-20H2,1H3,(H,39,40)/t22-/m0/s1. The number of aromatic nitrogens is 2. The summed E-state index contributed by atoms with van der Waals surface area (Å²) in [5.41, 5.74) is 2.91. The highest BCUT2D eigenvalue weighted by atomic mass is 19.4. The van der Waals surface area contributed by atoms with E-state index in [4.69, 9.17) is 4.74 Å². The molecule has 0 unspecified atom stereocenters. The average molecular weight is 603 g/mol. The molecule has 2 aromatic heterocycles. The monoisotopic (exact) mass is 602 g/mol. The summed E-state index contributed by atoms with van der Waals surface area (Å²) in [6.45, 7) is 6.02. The molecule has 11 heteroatoms. The Morgan fingerprint density at radius 3 is 2.70 bits per heavy atom. The van der Waals surface area contributed by atoms with E-state index in [-0.39, 0.29) is 30.4 Å². The molecular formula is C33H33F3N6O2. The highest BCUT2D eigenvalue weighted by Crippen LogP contribution is 2.37. The molecule has 8 nitrogen and oxygen atoms in total. The third-order valence-corrected chi connectivity index (χ3v) is 8.48. The fourth-order valence-electron chi connectivity index (χ4n) is 6.17. The van der Waals surface area contributed by atoms with Crippen LogP contribution in [-0.2, 0) is 30.5 Å². The molecule has 2 aliphatic heterocycles. The van der Waals surface area contributed by atoms with Crippen LogP contribution in [-0.4, -0.2) is 58.4 Å². The normalized spacial score (nSPS) is 17.3. The van der Waals surface area contributed by atoms with Crippen molar-refractivity contribution in [2.45, 2.75) is 44.9 Å². The van der Waals surface area contributed by atoms with Gasteiger partial charge in [0.25, 0.3) is 0 Å². The van der Waals surface area contributed by atoms with Crippen molar-refractivity contribution in [1.29, 1.82) is 5.26 Å². The van der Waals surface area contributed by atoms with Crippen molar-refractivity contribution in [3.8, 4) is 17.6 Å². The molecule has 0 spiro atoms. The maximum atomic E-state index is 14.1. The number of hydrogen-bond acceptors (Lipinski definition) is 6. The van der Waals surface area contributed by atoms with E-state index < -0.39 is 11.7 Å². The number of amides is 1. The van der Waals surface area contributed by atoms with Gasteiger partial charge in [-0.25, -0.2) is 4.98 Å². The number of ether oxygens (including phenoxy) is 1. The number of fused-ring (bicyclic) bond motifs is 2. The van der Waals surface area contributed by atoms with Crippen LogP contribution in [0.5, 0.6) is 11.5 Å². The number of carbonyl (C=O) groups is 1. The number of rotatable bonds is 7. The zero-order chi connectivity index (χ0) is 30.8. The summed E-state index contributed by atoms with van der Waals surface area (Å²) < 4.78 is 48.4. The molecule has 4 aromatic rings. The maximum absolute atomic E-state index is 14.1. The van der Waals surface area contributed by atoms with Gasteiger partial charge in [0.15, 0.2) is 0 Å². The summed E-state index contributed by atoms with van der Waals surface area (Å²) in [5, 5.41) is 13.1. The number of nitrogens with one attached hydrogen (secondary N) is 2. The molecule has 0 saturated carbocycles. The molecule has 1 atom stereocenters. The Hall–Kier alpha value is -4.40. The smallest absolute Gasteiger partial charge is 0.416 e. The van der Waals surface area contributed by atoms with Gasteiger partial charge < -0.3 is 19.9 Å². The van der Waals surface area contributed by atoms with Gasteiger partial charge >= 0.3 is 6.18 Å². The lowest BCUT2D eigenvalue weighted by Gasteiger charge is -2.35. The number of benzene rings is 2. The Morgan fingerprint density at radius 2 is 1.95 bits per heavy atom. The van der Waals surface area contributed by atoms with Gasteiger partial charge in [-0.1, -0.05) is 25.1 Å². The van der Waals surface area contributed by atoms with Crippen LogP contribution in [0.15, 0.2) is 54.7 Å². The summed E-state index contributed by atoms with van der Waals surface area (Å²) in [4.78, 5) is 24.5. The number of nitrogens with zero attached hydrogens (tertiary/aromatic N) is 4. The predicted molar refractivity (Wildman–Crippen MR) is 159 cm³/mol. The van der Waals surface area contributed by atoms with Gasteiger partial charge in [0.05, 0.1) is 17.4 Å². The van der Waals surface area contributed by atoms with Gasteiger partial charge in [0, 0.05) is 57.9 Å². The van der Waals surface area contributed by atoms with Crippen LogP contribution in [0, 0.1) is 11.3 Å².